The Balaban J connectivity index is 1.38. The van der Waals surface area contributed by atoms with E-state index in [1.165, 1.54) is 0 Å². The van der Waals surface area contributed by atoms with Crippen LogP contribution >= 0.6 is 0 Å². The minimum atomic E-state index is -0.397. The second-order valence-corrected chi connectivity index (χ2v) is 9.11. The molecule has 40 heavy (non-hydrogen) atoms. The highest BCUT2D eigenvalue weighted by molar-refractivity contribution is 5.84. The van der Waals surface area contributed by atoms with Gasteiger partial charge in [-0.2, -0.15) is 4.98 Å². The molecule has 0 spiro atoms. The highest BCUT2D eigenvalue weighted by Crippen LogP contribution is 2.33. The van der Waals surface area contributed by atoms with Crippen molar-refractivity contribution >= 4 is 28.1 Å². The maximum atomic E-state index is 12.2. The Hall–Kier alpha value is -5.29. The summed E-state index contributed by atoms with van der Waals surface area (Å²) in [6.07, 6.45) is 4.98. The molecule has 0 aliphatic heterocycles. The van der Waals surface area contributed by atoms with Crippen molar-refractivity contribution in [2.24, 2.45) is 0 Å². The van der Waals surface area contributed by atoms with E-state index in [0.29, 0.717) is 34.8 Å². The van der Waals surface area contributed by atoms with Crippen LogP contribution < -0.4 is 16.2 Å². The first-order chi connectivity index (χ1) is 19.6. The minimum absolute atomic E-state index is 0.126. The molecule has 0 saturated carbocycles. The lowest BCUT2D eigenvalue weighted by atomic mass is 10.1. The number of aliphatic hydroxyl groups is 1. The fourth-order valence-corrected chi connectivity index (χ4v) is 4.53. The van der Waals surface area contributed by atoms with Crippen LogP contribution in [-0.4, -0.2) is 41.6 Å². The van der Waals surface area contributed by atoms with Crippen LogP contribution in [0.25, 0.3) is 33.7 Å². The number of aryl methyl sites for hydroxylation is 1. The summed E-state index contributed by atoms with van der Waals surface area (Å²) in [5, 5.41) is 24.5. The predicted octanol–water partition coefficient (Wildman–Crippen LogP) is 4.75. The lowest BCUT2D eigenvalue weighted by Gasteiger charge is -2.20. The third kappa shape index (κ3) is 4.93. The Bertz CT molecular complexity index is 1810. The van der Waals surface area contributed by atoms with Gasteiger partial charge in [0.2, 0.25) is 5.82 Å². The van der Waals surface area contributed by atoms with Gasteiger partial charge in [-0.25, -0.2) is 4.98 Å². The molecule has 1 atom stereocenters. The molecule has 6 aromatic rings. The highest BCUT2D eigenvalue weighted by atomic mass is 16.5. The zero-order valence-electron chi connectivity index (χ0n) is 21.6. The van der Waals surface area contributed by atoms with E-state index in [-0.39, 0.29) is 18.1 Å². The molecule has 0 fully saturated rings. The quantitative estimate of drug-likeness (QED) is 0.206. The van der Waals surface area contributed by atoms with Crippen molar-refractivity contribution in [2.45, 2.75) is 19.5 Å². The van der Waals surface area contributed by atoms with E-state index in [9.17, 15) is 9.90 Å². The van der Waals surface area contributed by atoms with Gasteiger partial charge in [0.25, 0.3) is 11.4 Å². The van der Waals surface area contributed by atoms with Gasteiger partial charge in [-0.05, 0) is 42.8 Å². The van der Waals surface area contributed by atoms with Gasteiger partial charge in [-0.1, -0.05) is 35.5 Å². The summed E-state index contributed by atoms with van der Waals surface area (Å²) in [4.78, 5) is 25.5. The van der Waals surface area contributed by atoms with Gasteiger partial charge in [-0.15, -0.1) is 0 Å². The third-order valence-electron chi connectivity index (χ3n) is 6.55. The molecule has 0 aliphatic carbocycles. The number of aromatic amines is 1. The Labute approximate surface area is 228 Å². The number of fused-ring (bicyclic) bond motifs is 1. The summed E-state index contributed by atoms with van der Waals surface area (Å²) in [7, 11) is 0. The molecule has 0 aliphatic rings. The van der Waals surface area contributed by atoms with Crippen LogP contribution in [-0.2, 0) is 6.54 Å². The van der Waals surface area contributed by atoms with Crippen molar-refractivity contribution in [2.75, 3.05) is 17.2 Å². The van der Waals surface area contributed by atoms with E-state index in [4.69, 9.17) is 4.52 Å². The lowest BCUT2D eigenvalue weighted by molar-refractivity contribution is 0.276. The number of nitrogens with zero attached hydrogens (tertiary/aromatic N) is 5. The molecule has 0 saturated heterocycles. The second kappa shape index (κ2) is 10.8. The molecule has 4 aromatic heterocycles. The zero-order chi connectivity index (χ0) is 27.5. The SMILES string of the molecule is CCn1[nH]c(=O)c2ccc(Nc3cc(N[C@H](CO)c4ccccc4)c(-c4nc(-c5cccnc5)no4)cn3)cc21. The number of pyridine rings is 2. The number of hydrogen-bond acceptors (Lipinski definition) is 9. The second-order valence-electron chi connectivity index (χ2n) is 9.11. The summed E-state index contributed by atoms with van der Waals surface area (Å²) < 4.78 is 7.41. The summed E-state index contributed by atoms with van der Waals surface area (Å²) >= 11 is 0. The normalized spacial score (nSPS) is 11.9. The van der Waals surface area contributed by atoms with E-state index in [1.807, 2.05) is 61.5 Å². The van der Waals surface area contributed by atoms with Crippen LogP contribution in [0.3, 0.4) is 0 Å². The largest absolute Gasteiger partial charge is 0.394 e. The zero-order valence-corrected chi connectivity index (χ0v) is 21.6. The molecule has 6 rings (SSSR count). The van der Waals surface area contributed by atoms with Crippen LogP contribution in [0.1, 0.15) is 18.5 Å². The standard InChI is InChI=1S/C29H26N8O3/c1-2-37-25-13-20(10-11-21(25)28(39)35-37)32-26-14-23(33-24(17-38)18-7-4-3-5-8-18)22(16-31-26)29-34-27(36-40-29)19-9-6-12-30-15-19/h3-16,24,38H,2,17H2,1H3,(H,35,39)(H2,31,32,33)/t24-/m1/s1. The van der Waals surface area contributed by atoms with Crippen LogP contribution in [0.2, 0.25) is 0 Å². The predicted molar refractivity (Wildman–Crippen MR) is 152 cm³/mol. The topological polar surface area (TPSA) is 147 Å². The van der Waals surface area contributed by atoms with Crippen molar-refractivity contribution < 1.29 is 9.63 Å². The van der Waals surface area contributed by atoms with Crippen molar-refractivity contribution in [3.63, 3.8) is 0 Å². The Kier molecular flexibility index (Phi) is 6.77. The van der Waals surface area contributed by atoms with Gasteiger partial charge in [0.1, 0.15) is 5.82 Å². The summed E-state index contributed by atoms with van der Waals surface area (Å²) in [6.45, 7) is 2.46. The fraction of sp³-hybridized carbons (Fsp3) is 0.138. The smallest absolute Gasteiger partial charge is 0.271 e. The summed E-state index contributed by atoms with van der Waals surface area (Å²) in [5.74, 6) is 1.22. The number of hydrogen-bond donors (Lipinski definition) is 4. The average molecular weight is 535 g/mol. The van der Waals surface area contributed by atoms with Crippen LogP contribution in [0.15, 0.2) is 94.6 Å². The number of aromatic nitrogens is 6. The van der Waals surface area contributed by atoms with Gasteiger partial charge in [0.15, 0.2) is 0 Å². The van der Waals surface area contributed by atoms with Crippen LogP contribution in [0.4, 0.5) is 17.2 Å². The molecular formula is C29H26N8O3. The third-order valence-corrected chi connectivity index (χ3v) is 6.55. The van der Waals surface area contributed by atoms with E-state index in [2.05, 4.69) is 35.8 Å². The number of H-pyrrole nitrogens is 1. The van der Waals surface area contributed by atoms with E-state index < -0.39 is 6.04 Å². The molecule has 0 unspecified atom stereocenters. The first-order valence-corrected chi connectivity index (χ1v) is 12.8. The fourth-order valence-electron chi connectivity index (χ4n) is 4.53. The van der Waals surface area contributed by atoms with Gasteiger partial charge >= 0.3 is 0 Å². The molecule has 4 N–H and O–H groups in total. The number of rotatable bonds is 9. The van der Waals surface area contributed by atoms with Gasteiger partial charge in [-0.3, -0.25) is 19.6 Å². The van der Waals surface area contributed by atoms with Gasteiger partial charge < -0.3 is 20.3 Å². The van der Waals surface area contributed by atoms with Crippen molar-refractivity contribution in [3.05, 3.63) is 101 Å². The van der Waals surface area contributed by atoms with E-state index >= 15 is 0 Å². The number of anilines is 3. The first kappa shape index (κ1) is 25.0. The number of aliphatic hydroxyl groups excluding tert-OH is 1. The Morgan fingerprint density at radius 1 is 1.07 bits per heavy atom. The average Bonchev–Trinajstić information content (AvgIpc) is 3.61. The number of benzene rings is 2. The molecule has 11 nitrogen and oxygen atoms in total. The molecule has 0 amide bonds. The highest BCUT2D eigenvalue weighted by Gasteiger charge is 2.19. The Morgan fingerprint density at radius 2 is 1.95 bits per heavy atom. The lowest BCUT2D eigenvalue weighted by Crippen LogP contribution is -2.15. The minimum Gasteiger partial charge on any atom is -0.394 e. The van der Waals surface area contributed by atoms with E-state index in [1.54, 1.807) is 35.4 Å². The maximum Gasteiger partial charge on any atom is 0.271 e. The van der Waals surface area contributed by atoms with Crippen molar-refractivity contribution in [1.29, 1.82) is 0 Å². The van der Waals surface area contributed by atoms with Gasteiger partial charge in [0.05, 0.1) is 34.8 Å². The van der Waals surface area contributed by atoms with E-state index in [0.717, 1.165) is 22.3 Å². The Morgan fingerprint density at radius 3 is 2.73 bits per heavy atom. The molecular weight excluding hydrogens is 508 g/mol. The van der Waals surface area contributed by atoms with Crippen LogP contribution in [0.5, 0.6) is 0 Å². The molecule has 200 valence electrons. The first-order valence-electron chi connectivity index (χ1n) is 12.8. The van der Waals surface area contributed by atoms with Crippen molar-refractivity contribution in [1.82, 2.24) is 29.9 Å². The molecule has 2 aromatic carbocycles. The molecule has 4 heterocycles. The van der Waals surface area contributed by atoms with Crippen LogP contribution in [0, 0.1) is 0 Å². The molecule has 0 bridgehead atoms. The molecule has 11 heteroatoms. The van der Waals surface area contributed by atoms with Gasteiger partial charge in [0, 0.05) is 42.5 Å². The summed E-state index contributed by atoms with van der Waals surface area (Å²) in [5.41, 5.74) is 4.28. The number of nitrogens with one attached hydrogen (secondary N) is 3. The molecule has 0 radical (unpaired) electrons. The monoisotopic (exact) mass is 534 g/mol. The maximum absolute atomic E-state index is 12.2. The summed E-state index contributed by atoms with van der Waals surface area (Å²) in [6, 6.07) is 20.3. The van der Waals surface area contributed by atoms with Crippen molar-refractivity contribution in [3.8, 4) is 22.8 Å².